The largest absolute Gasteiger partial charge is 0.330 e. The molecule has 3 nitrogen and oxygen atoms in total. The second-order valence-corrected chi connectivity index (χ2v) is 3.60. The van der Waals surface area contributed by atoms with Crippen molar-refractivity contribution >= 4 is 5.78 Å². The number of rotatable bonds is 6. The zero-order chi connectivity index (χ0) is 9.61. The van der Waals surface area contributed by atoms with Crippen LogP contribution in [0, 0.1) is 0 Å². The van der Waals surface area contributed by atoms with E-state index in [0.29, 0.717) is 0 Å². The first-order valence-electron chi connectivity index (χ1n) is 4.47. The molecule has 0 radical (unpaired) electrons. The smallest absolute Gasteiger partial charge is 0.149 e. The molecule has 0 aliphatic heterocycles. The van der Waals surface area contributed by atoms with Crippen LogP contribution in [0.1, 0.15) is 33.6 Å². The fourth-order valence-corrected chi connectivity index (χ4v) is 0.795. The van der Waals surface area contributed by atoms with Gasteiger partial charge >= 0.3 is 0 Å². The normalized spacial score (nSPS) is 11.7. The quantitative estimate of drug-likeness (QED) is 0.579. The van der Waals surface area contributed by atoms with Crippen LogP contribution in [0.15, 0.2) is 0 Å². The molecular weight excluding hydrogens is 152 g/mol. The fourth-order valence-electron chi connectivity index (χ4n) is 0.795. The van der Waals surface area contributed by atoms with E-state index >= 15 is 0 Å². The Balaban J connectivity index is 3.54. The molecular formula is C9H20N2O. The highest BCUT2D eigenvalue weighted by atomic mass is 16.1. The molecule has 0 unspecified atom stereocenters. The molecule has 0 bridgehead atoms. The molecule has 0 fully saturated rings. The van der Waals surface area contributed by atoms with E-state index in [4.69, 9.17) is 5.73 Å². The second kappa shape index (κ2) is 5.27. The minimum absolute atomic E-state index is 0.176. The van der Waals surface area contributed by atoms with Gasteiger partial charge in [0, 0.05) is 0 Å². The lowest BCUT2D eigenvalue weighted by Crippen LogP contribution is -2.45. The third kappa shape index (κ3) is 4.46. The van der Waals surface area contributed by atoms with Crippen LogP contribution in [0.4, 0.5) is 0 Å². The highest BCUT2D eigenvalue weighted by Gasteiger charge is 2.21. The lowest BCUT2D eigenvalue weighted by molar-refractivity contribution is -0.122. The van der Waals surface area contributed by atoms with Crippen molar-refractivity contribution in [3.63, 3.8) is 0 Å². The molecule has 3 N–H and O–H groups in total. The van der Waals surface area contributed by atoms with E-state index in [9.17, 15) is 4.79 Å². The maximum absolute atomic E-state index is 11.0. The van der Waals surface area contributed by atoms with Gasteiger partial charge in [-0.25, -0.2) is 0 Å². The summed E-state index contributed by atoms with van der Waals surface area (Å²) in [5.74, 6) is 0.176. The highest BCUT2D eigenvalue weighted by molar-refractivity contribution is 5.85. The van der Waals surface area contributed by atoms with Crippen LogP contribution in [0.25, 0.3) is 0 Å². The van der Waals surface area contributed by atoms with E-state index in [1.54, 1.807) is 6.92 Å². The predicted molar refractivity (Wildman–Crippen MR) is 51.1 cm³/mol. The number of unbranched alkanes of at least 4 members (excludes halogenated alkanes) is 1. The Bertz CT molecular complexity index is 143. The molecule has 0 aromatic carbocycles. The topological polar surface area (TPSA) is 55.1 Å². The fraction of sp³-hybridized carbons (Fsp3) is 0.889. The summed E-state index contributed by atoms with van der Waals surface area (Å²) in [6, 6.07) is 0. The summed E-state index contributed by atoms with van der Waals surface area (Å²) in [7, 11) is 0. The highest BCUT2D eigenvalue weighted by Crippen LogP contribution is 2.02. The van der Waals surface area contributed by atoms with Gasteiger partial charge in [0.2, 0.25) is 0 Å². The first kappa shape index (κ1) is 11.6. The summed E-state index contributed by atoms with van der Waals surface area (Å²) in [5.41, 5.74) is 4.96. The van der Waals surface area contributed by atoms with Crippen LogP contribution in [-0.4, -0.2) is 24.4 Å². The molecule has 0 rings (SSSR count). The summed E-state index contributed by atoms with van der Waals surface area (Å²) in [4.78, 5) is 11.0. The molecule has 0 aromatic rings. The Morgan fingerprint density at radius 1 is 1.42 bits per heavy atom. The molecule has 3 heteroatoms. The number of hydrogen-bond acceptors (Lipinski definition) is 3. The molecule has 0 spiro atoms. The summed E-state index contributed by atoms with van der Waals surface area (Å²) in [5, 5.41) is 3.19. The van der Waals surface area contributed by atoms with Gasteiger partial charge in [0.25, 0.3) is 0 Å². The van der Waals surface area contributed by atoms with Crippen molar-refractivity contribution in [3.8, 4) is 0 Å². The first-order valence-corrected chi connectivity index (χ1v) is 4.47. The van der Waals surface area contributed by atoms with Gasteiger partial charge in [-0.15, -0.1) is 0 Å². The molecule has 0 heterocycles. The van der Waals surface area contributed by atoms with Crippen LogP contribution in [0.3, 0.4) is 0 Å². The summed E-state index contributed by atoms with van der Waals surface area (Å²) in [6.07, 6.45) is 2.05. The Kier molecular flexibility index (Phi) is 5.09. The van der Waals surface area contributed by atoms with E-state index in [2.05, 4.69) is 5.32 Å². The Hall–Kier alpha value is -0.410. The summed E-state index contributed by atoms with van der Waals surface area (Å²) in [6.45, 7) is 7.00. The monoisotopic (exact) mass is 172 g/mol. The van der Waals surface area contributed by atoms with Crippen molar-refractivity contribution in [1.29, 1.82) is 0 Å². The minimum Gasteiger partial charge on any atom is -0.330 e. The standard InChI is InChI=1S/C9H20N2O/c1-8(12)9(2,3)11-7-5-4-6-10/h11H,4-7,10H2,1-3H3. The minimum atomic E-state index is -0.380. The molecule has 0 saturated carbocycles. The predicted octanol–water partition coefficient (Wildman–Crippen LogP) is 0.682. The van der Waals surface area contributed by atoms with Crippen LogP contribution in [-0.2, 0) is 4.79 Å². The second-order valence-electron chi connectivity index (χ2n) is 3.60. The molecule has 0 aliphatic carbocycles. The number of ketones is 1. The van der Waals surface area contributed by atoms with E-state index in [1.807, 2.05) is 13.8 Å². The molecule has 0 amide bonds. The van der Waals surface area contributed by atoms with Gasteiger partial charge < -0.3 is 11.1 Å². The van der Waals surface area contributed by atoms with Gasteiger partial charge in [0.05, 0.1) is 5.54 Å². The van der Waals surface area contributed by atoms with E-state index in [0.717, 1.165) is 25.9 Å². The van der Waals surface area contributed by atoms with E-state index in [1.165, 1.54) is 0 Å². The molecule has 0 atom stereocenters. The van der Waals surface area contributed by atoms with Gasteiger partial charge in [0.15, 0.2) is 0 Å². The maximum atomic E-state index is 11.0. The van der Waals surface area contributed by atoms with Gasteiger partial charge in [-0.3, -0.25) is 4.79 Å². The number of nitrogens with two attached hydrogens (primary N) is 1. The van der Waals surface area contributed by atoms with Crippen molar-refractivity contribution in [1.82, 2.24) is 5.32 Å². The number of carbonyl (C=O) groups excluding carboxylic acids is 1. The Morgan fingerprint density at radius 3 is 2.42 bits per heavy atom. The number of nitrogens with one attached hydrogen (secondary N) is 1. The lowest BCUT2D eigenvalue weighted by Gasteiger charge is -2.22. The Labute approximate surface area is 74.7 Å². The van der Waals surface area contributed by atoms with Gasteiger partial charge in [-0.1, -0.05) is 0 Å². The number of hydrogen-bond donors (Lipinski definition) is 2. The van der Waals surface area contributed by atoms with Crippen LogP contribution in [0.2, 0.25) is 0 Å². The molecule has 0 aromatic heterocycles. The van der Waals surface area contributed by atoms with Crippen LogP contribution >= 0.6 is 0 Å². The summed E-state index contributed by atoms with van der Waals surface area (Å²) < 4.78 is 0. The molecule has 12 heavy (non-hydrogen) atoms. The molecule has 72 valence electrons. The van der Waals surface area contributed by atoms with Gasteiger partial charge in [0.1, 0.15) is 5.78 Å². The van der Waals surface area contributed by atoms with Crippen molar-refractivity contribution in [2.24, 2.45) is 5.73 Å². The first-order chi connectivity index (χ1) is 5.50. The SMILES string of the molecule is CC(=O)C(C)(C)NCCCCN. The lowest BCUT2D eigenvalue weighted by atomic mass is 10.0. The van der Waals surface area contributed by atoms with Crippen molar-refractivity contribution in [2.45, 2.75) is 39.2 Å². The van der Waals surface area contributed by atoms with Crippen LogP contribution < -0.4 is 11.1 Å². The number of Topliss-reactive ketones (excluding diaryl/α,β-unsaturated/α-hetero) is 1. The third-order valence-electron chi connectivity index (χ3n) is 2.08. The Morgan fingerprint density at radius 2 is 2.00 bits per heavy atom. The molecule has 0 aliphatic rings. The van der Waals surface area contributed by atoms with Crippen LogP contribution in [0.5, 0.6) is 0 Å². The van der Waals surface area contributed by atoms with E-state index < -0.39 is 0 Å². The van der Waals surface area contributed by atoms with Crippen molar-refractivity contribution in [3.05, 3.63) is 0 Å². The third-order valence-corrected chi connectivity index (χ3v) is 2.08. The van der Waals surface area contributed by atoms with Crippen molar-refractivity contribution in [2.75, 3.05) is 13.1 Å². The van der Waals surface area contributed by atoms with Crippen molar-refractivity contribution < 1.29 is 4.79 Å². The average molecular weight is 172 g/mol. The number of carbonyl (C=O) groups is 1. The van der Waals surface area contributed by atoms with Gasteiger partial charge in [-0.05, 0) is 46.7 Å². The molecule has 0 saturated heterocycles. The maximum Gasteiger partial charge on any atom is 0.149 e. The zero-order valence-electron chi connectivity index (χ0n) is 8.31. The van der Waals surface area contributed by atoms with E-state index in [-0.39, 0.29) is 11.3 Å². The average Bonchev–Trinajstić information content (AvgIpc) is 1.98. The zero-order valence-corrected chi connectivity index (χ0v) is 8.31. The van der Waals surface area contributed by atoms with Gasteiger partial charge in [-0.2, -0.15) is 0 Å². The summed E-state index contributed by atoms with van der Waals surface area (Å²) >= 11 is 0.